The van der Waals surface area contributed by atoms with E-state index in [1.807, 2.05) is 6.92 Å². The molecule has 0 saturated heterocycles. The summed E-state index contributed by atoms with van der Waals surface area (Å²) in [6, 6.07) is 0. The summed E-state index contributed by atoms with van der Waals surface area (Å²) in [5.41, 5.74) is 0.302. The zero-order valence-corrected chi connectivity index (χ0v) is 11.7. The van der Waals surface area contributed by atoms with E-state index in [0.29, 0.717) is 6.42 Å². The lowest BCUT2D eigenvalue weighted by atomic mass is 9.81. The molecule has 0 bridgehead atoms. The van der Waals surface area contributed by atoms with E-state index < -0.39 is 11.9 Å². The number of carboxylic acid groups (broad SMARTS) is 2. The number of carbonyl (C=O) groups is 2. The van der Waals surface area contributed by atoms with Crippen LogP contribution in [0, 0.1) is 5.92 Å². The van der Waals surface area contributed by atoms with Crippen LogP contribution in [0.1, 0.15) is 64.7 Å². The van der Waals surface area contributed by atoms with Crippen molar-refractivity contribution in [2.45, 2.75) is 64.7 Å². The molecule has 0 radical (unpaired) electrons. The van der Waals surface area contributed by atoms with E-state index in [1.54, 1.807) is 0 Å². The second-order valence-corrected chi connectivity index (χ2v) is 5.29. The third kappa shape index (κ3) is 4.69. The van der Waals surface area contributed by atoms with E-state index in [4.69, 9.17) is 0 Å². The third-order valence-electron chi connectivity index (χ3n) is 3.86. The second kappa shape index (κ2) is 7.97. The van der Waals surface area contributed by atoms with Crippen molar-refractivity contribution in [1.29, 1.82) is 0 Å². The van der Waals surface area contributed by atoms with Crippen molar-refractivity contribution in [3.8, 4) is 0 Å². The third-order valence-corrected chi connectivity index (χ3v) is 3.86. The van der Waals surface area contributed by atoms with Gasteiger partial charge in [-0.15, -0.1) is 0 Å². The van der Waals surface area contributed by atoms with Crippen LogP contribution in [0.4, 0.5) is 0 Å². The van der Waals surface area contributed by atoms with E-state index in [9.17, 15) is 19.8 Å². The van der Waals surface area contributed by atoms with Gasteiger partial charge < -0.3 is 10.2 Å². The van der Waals surface area contributed by atoms with Crippen LogP contribution in [0.5, 0.6) is 0 Å². The summed E-state index contributed by atoms with van der Waals surface area (Å²) < 4.78 is 0. The van der Waals surface area contributed by atoms with Crippen LogP contribution in [0.25, 0.3) is 0 Å². The van der Waals surface area contributed by atoms with Gasteiger partial charge in [-0.3, -0.25) is 0 Å². The van der Waals surface area contributed by atoms with Gasteiger partial charge in [-0.2, -0.15) is 0 Å². The molecule has 108 valence electrons. The highest BCUT2D eigenvalue weighted by Gasteiger charge is 2.28. The molecular weight excluding hydrogens is 244 g/mol. The molecule has 0 heterocycles. The molecule has 1 saturated carbocycles. The Kier molecular flexibility index (Phi) is 6.60. The highest BCUT2D eigenvalue weighted by molar-refractivity contribution is 5.99. The van der Waals surface area contributed by atoms with E-state index in [-0.39, 0.29) is 17.1 Å². The van der Waals surface area contributed by atoms with Gasteiger partial charge in [-0.1, -0.05) is 39.0 Å². The van der Waals surface area contributed by atoms with Crippen LogP contribution in [-0.4, -0.2) is 22.2 Å². The largest absolute Gasteiger partial charge is 0.478 e. The summed E-state index contributed by atoms with van der Waals surface area (Å²) >= 11 is 0. The first-order valence-electron chi connectivity index (χ1n) is 7.27. The molecule has 4 heteroatoms. The summed E-state index contributed by atoms with van der Waals surface area (Å²) in [7, 11) is 0. The minimum Gasteiger partial charge on any atom is -0.478 e. The van der Waals surface area contributed by atoms with Crippen molar-refractivity contribution < 1.29 is 19.8 Å². The normalized spacial score (nSPS) is 17.9. The number of hydrogen-bond donors (Lipinski definition) is 2. The maximum Gasteiger partial charge on any atom is 0.332 e. The Hall–Kier alpha value is -1.32. The molecule has 0 aromatic rings. The highest BCUT2D eigenvalue weighted by Crippen LogP contribution is 2.33. The number of aliphatic carboxylic acids is 2. The van der Waals surface area contributed by atoms with Gasteiger partial charge in [0.25, 0.3) is 0 Å². The van der Waals surface area contributed by atoms with Crippen molar-refractivity contribution >= 4 is 11.9 Å². The highest BCUT2D eigenvalue weighted by atomic mass is 16.4. The maximum atomic E-state index is 11.5. The predicted molar refractivity (Wildman–Crippen MR) is 73.0 cm³/mol. The molecule has 4 nitrogen and oxygen atoms in total. The Morgan fingerprint density at radius 1 is 1.00 bits per heavy atom. The summed E-state index contributed by atoms with van der Waals surface area (Å²) in [4.78, 5) is 22.8. The Labute approximate surface area is 114 Å². The zero-order chi connectivity index (χ0) is 14.3. The molecule has 0 unspecified atom stereocenters. The van der Waals surface area contributed by atoms with E-state index in [1.165, 1.54) is 0 Å². The Bertz CT molecular complexity index is 351. The first-order valence-corrected chi connectivity index (χ1v) is 7.27. The first-order chi connectivity index (χ1) is 9.07. The fraction of sp³-hybridized carbons (Fsp3) is 0.733. The predicted octanol–water partition coefficient (Wildman–Crippen LogP) is 3.61. The lowest BCUT2D eigenvalue weighted by Crippen LogP contribution is -2.21. The van der Waals surface area contributed by atoms with Gasteiger partial charge in [0.15, 0.2) is 0 Å². The number of hydrogen-bond acceptors (Lipinski definition) is 2. The topological polar surface area (TPSA) is 74.6 Å². The average Bonchev–Trinajstić information content (AvgIpc) is 2.38. The van der Waals surface area contributed by atoms with Gasteiger partial charge >= 0.3 is 11.9 Å². The van der Waals surface area contributed by atoms with Gasteiger partial charge in [0.2, 0.25) is 0 Å². The van der Waals surface area contributed by atoms with Crippen LogP contribution in [-0.2, 0) is 9.59 Å². The molecule has 0 atom stereocenters. The molecule has 0 amide bonds. The quantitative estimate of drug-likeness (QED) is 0.546. The molecule has 0 aromatic carbocycles. The average molecular weight is 268 g/mol. The number of unbranched alkanes of at least 4 members (excludes halogenated alkanes) is 2. The lowest BCUT2D eigenvalue weighted by molar-refractivity contribution is -0.136. The van der Waals surface area contributed by atoms with Crippen molar-refractivity contribution in [3.05, 3.63) is 11.1 Å². The molecule has 1 fully saturated rings. The fourth-order valence-corrected chi connectivity index (χ4v) is 2.85. The molecule has 0 aromatic heterocycles. The van der Waals surface area contributed by atoms with Crippen molar-refractivity contribution in [1.82, 2.24) is 0 Å². The van der Waals surface area contributed by atoms with Crippen LogP contribution >= 0.6 is 0 Å². The van der Waals surface area contributed by atoms with Crippen LogP contribution in [0.2, 0.25) is 0 Å². The smallest absolute Gasteiger partial charge is 0.332 e. The first kappa shape index (κ1) is 15.7. The van der Waals surface area contributed by atoms with Gasteiger partial charge in [0.1, 0.15) is 0 Å². The minimum atomic E-state index is -1.06. The fourth-order valence-electron chi connectivity index (χ4n) is 2.85. The Morgan fingerprint density at radius 2 is 1.63 bits per heavy atom. The molecule has 1 aliphatic rings. The van der Waals surface area contributed by atoms with Gasteiger partial charge in [-0.05, 0) is 31.6 Å². The molecule has 1 rings (SSSR count). The molecular formula is C15H24O4. The van der Waals surface area contributed by atoms with Gasteiger partial charge in [-0.25, -0.2) is 9.59 Å². The molecule has 0 spiro atoms. The van der Waals surface area contributed by atoms with Crippen molar-refractivity contribution in [2.75, 3.05) is 0 Å². The molecule has 1 aliphatic carbocycles. The van der Waals surface area contributed by atoms with E-state index >= 15 is 0 Å². The minimum absolute atomic E-state index is 0.0704. The molecule has 2 N–H and O–H groups in total. The summed E-state index contributed by atoms with van der Waals surface area (Å²) in [5, 5.41) is 18.7. The number of carboxylic acids is 2. The van der Waals surface area contributed by atoms with Crippen LogP contribution in [0.3, 0.4) is 0 Å². The lowest BCUT2D eigenvalue weighted by Gasteiger charge is -2.23. The van der Waals surface area contributed by atoms with Gasteiger partial charge in [0.05, 0.1) is 5.57 Å². The Balaban J connectivity index is 2.95. The van der Waals surface area contributed by atoms with E-state index in [2.05, 4.69) is 0 Å². The Morgan fingerprint density at radius 3 is 2.11 bits per heavy atom. The van der Waals surface area contributed by atoms with Crippen LogP contribution in [0.15, 0.2) is 11.1 Å². The summed E-state index contributed by atoms with van der Waals surface area (Å²) in [5.74, 6) is -2.17. The maximum absolute atomic E-state index is 11.5. The monoisotopic (exact) mass is 268 g/mol. The van der Waals surface area contributed by atoms with Crippen molar-refractivity contribution in [3.63, 3.8) is 0 Å². The van der Waals surface area contributed by atoms with Crippen molar-refractivity contribution in [2.24, 2.45) is 5.92 Å². The summed E-state index contributed by atoms with van der Waals surface area (Å²) in [6.45, 7) is 2.05. The number of rotatable bonds is 7. The second-order valence-electron chi connectivity index (χ2n) is 5.29. The SMILES string of the molecule is CCCCCC(C(=O)O)=C(C(=O)O)C1CCCCC1. The standard InChI is InChI=1S/C15H24O4/c1-2-3-5-10-12(14(16)17)13(15(18)19)11-8-6-4-7-9-11/h11H,2-10H2,1H3,(H,16,17)(H,18,19). The summed E-state index contributed by atoms with van der Waals surface area (Å²) in [6.07, 6.45) is 7.82. The van der Waals surface area contributed by atoms with E-state index in [0.717, 1.165) is 51.4 Å². The molecule has 19 heavy (non-hydrogen) atoms. The molecule has 0 aliphatic heterocycles. The zero-order valence-electron chi connectivity index (χ0n) is 11.7. The van der Waals surface area contributed by atoms with Gasteiger partial charge in [0, 0.05) is 5.57 Å². The van der Waals surface area contributed by atoms with Crippen LogP contribution < -0.4 is 0 Å².